The molecule has 0 aromatic rings. The molecule has 9 nitrogen and oxygen atoms in total. The molecule has 0 fully saturated rings. The number of ether oxygens (including phenoxy) is 1. The van der Waals surface area contributed by atoms with Crippen LogP contribution in [0.2, 0.25) is 0 Å². The van der Waals surface area contributed by atoms with Gasteiger partial charge in [-0.15, -0.1) is 0 Å². The lowest BCUT2D eigenvalue weighted by atomic mass is 10.1. The molecule has 0 aliphatic heterocycles. The molecule has 0 aliphatic rings. The van der Waals surface area contributed by atoms with Crippen molar-refractivity contribution in [2.24, 2.45) is 0 Å². The number of alkyl carbamates (subject to hydrolysis) is 1. The van der Waals surface area contributed by atoms with Crippen LogP contribution in [-0.4, -0.2) is 50.4 Å². The number of amides is 2. The monoisotopic (exact) mass is 324 g/mol. The van der Waals surface area contributed by atoms with Crippen LogP contribution in [0.25, 0.3) is 0 Å². The third-order valence-corrected chi connectivity index (χ3v) is 2.88. The Morgan fingerprint density at radius 2 is 1.90 bits per heavy atom. The Kier molecular flexibility index (Phi) is 8.36. The van der Waals surface area contributed by atoms with E-state index in [2.05, 4.69) is 5.32 Å². The van der Waals surface area contributed by atoms with Gasteiger partial charge in [0.1, 0.15) is 6.04 Å². The van der Waals surface area contributed by atoms with Crippen molar-refractivity contribution in [3.63, 3.8) is 0 Å². The summed E-state index contributed by atoms with van der Waals surface area (Å²) in [5.74, 6) is -2.18. The number of nitrogens with one attached hydrogen (secondary N) is 2. The van der Waals surface area contributed by atoms with Gasteiger partial charge in [-0.25, -0.2) is 18.0 Å². The molecule has 21 heavy (non-hydrogen) atoms. The third-order valence-electron chi connectivity index (χ3n) is 2.28. The molecule has 0 radical (unpaired) electrons. The number of hydrogen-bond acceptors (Lipinski definition) is 6. The first-order chi connectivity index (χ1) is 9.65. The molecular weight excluding hydrogens is 304 g/mol. The van der Waals surface area contributed by atoms with Crippen LogP contribution in [0.15, 0.2) is 0 Å². The second-order valence-corrected chi connectivity index (χ2v) is 6.11. The zero-order valence-electron chi connectivity index (χ0n) is 11.9. The highest BCUT2D eigenvalue weighted by Gasteiger charge is 2.22. The zero-order valence-corrected chi connectivity index (χ0v) is 12.7. The standard InChI is InChI=1S/C11H20N2O7S/c1-3-4-7-20-11(17)12-8(10(15)16)5-6-9(14)13-21(2,18)19/h8H,3-7H2,1-2H3,(H,12,17)(H,13,14)(H,15,16)/t8-/m0/s1. The van der Waals surface area contributed by atoms with E-state index in [1.54, 1.807) is 4.72 Å². The summed E-state index contributed by atoms with van der Waals surface area (Å²) in [7, 11) is -3.69. The number of sulfonamides is 1. The summed E-state index contributed by atoms with van der Waals surface area (Å²) in [5.41, 5.74) is 0. The Balaban J connectivity index is 4.28. The number of hydrogen-bond donors (Lipinski definition) is 3. The van der Waals surface area contributed by atoms with Crippen molar-refractivity contribution in [2.45, 2.75) is 38.6 Å². The van der Waals surface area contributed by atoms with Crippen molar-refractivity contribution in [1.82, 2.24) is 10.0 Å². The average molecular weight is 324 g/mol. The van der Waals surface area contributed by atoms with E-state index in [0.717, 1.165) is 12.7 Å². The van der Waals surface area contributed by atoms with Gasteiger partial charge in [0.2, 0.25) is 15.9 Å². The van der Waals surface area contributed by atoms with Gasteiger partial charge in [-0.3, -0.25) is 9.52 Å². The SMILES string of the molecule is CCCCOC(=O)N[C@@H](CCC(=O)NS(C)(=O)=O)C(=O)O. The number of aliphatic carboxylic acids is 1. The Hall–Kier alpha value is -1.84. The van der Waals surface area contributed by atoms with Crippen LogP contribution in [0, 0.1) is 0 Å². The lowest BCUT2D eigenvalue weighted by Crippen LogP contribution is -2.42. The molecule has 0 aromatic heterocycles. The third kappa shape index (κ3) is 10.6. The molecule has 3 N–H and O–H groups in total. The second kappa shape index (κ2) is 9.16. The fourth-order valence-electron chi connectivity index (χ4n) is 1.28. The maximum atomic E-state index is 11.3. The molecule has 0 rings (SSSR count). The normalized spacial score (nSPS) is 12.3. The van der Waals surface area contributed by atoms with Crippen LogP contribution in [0.1, 0.15) is 32.6 Å². The first-order valence-corrected chi connectivity index (χ1v) is 8.21. The highest BCUT2D eigenvalue weighted by Crippen LogP contribution is 2.00. The van der Waals surface area contributed by atoms with Crippen LogP contribution < -0.4 is 10.0 Å². The van der Waals surface area contributed by atoms with E-state index >= 15 is 0 Å². The molecule has 2 amide bonds. The number of carboxylic acids is 1. The Bertz CT molecular complexity index is 475. The smallest absolute Gasteiger partial charge is 0.407 e. The molecular formula is C11H20N2O7S. The van der Waals surface area contributed by atoms with E-state index < -0.39 is 34.0 Å². The van der Waals surface area contributed by atoms with E-state index in [-0.39, 0.29) is 19.4 Å². The van der Waals surface area contributed by atoms with Gasteiger partial charge in [-0.05, 0) is 12.8 Å². The lowest BCUT2D eigenvalue weighted by Gasteiger charge is -2.14. The van der Waals surface area contributed by atoms with Gasteiger partial charge in [0.25, 0.3) is 0 Å². The summed E-state index contributed by atoms with van der Waals surface area (Å²) in [6, 6.07) is -1.33. The number of carboxylic acid groups (broad SMARTS) is 1. The molecule has 0 saturated heterocycles. The van der Waals surface area contributed by atoms with Crippen LogP contribution >= 0.6 is 0 Å². The van der Waals surface area contributed by atoms with Crippen molar-refractivity contribution < 1.29 is 32.6 Å². The van der Waals surface area contributed by atoms with Crippen LogP contribution in [-0.2, 0) is 24.3 Å². The van der Waals surface area contributed by atoms with Gasteiger partial charge in [0.15, 0.2) is 0 Å². The summed E-state index contributed by atoms with van der Waals surface area (Å²) >= 11 is 0. The van der Waals surface area contributed by atoms with E-state index in [9.17, 15) is 22.8 Å². The zero-order chi connectivity index (χ0) is 16.5. The lowest BCUT2D eigenvalue weighted by molar-refractivity contribution is -0.139. The van der Waals surface area contributed by atoms with Gasteiger partial charge in [0.05, 0.1) is 12.9 Å². The first kappa shape index (κ1) is 19.2. The van der Waals surface area contributed by atoms with Gasteiger partial charge >= 0.3 is 12.1 Å². The number of rotatable bonds is 9. The molecule has 1 atom stereocenters. The summed E-state index contributed by atoms with van der Waals surface area (Å²) in [4.78, 5) is 33.5. The molecule has 0 aliphatic carbocycles. The summed E-state index contributed by atoms with van der Waals surface area (Å²) in [6.45, 7) is 2.07. The minimum atomic E-state index is -3.69. The van der Waals surface area contributed by atoms with Crippen molar-refractivity contribution in [3.05, 3.63) is 0 Å². The molecule has 0 saturated carbocycles. The maximum absolute atomic E-state index is 11.3. The van der Waals surface area contributed by atoms with E-state index in [0.29, 0.717) is 6.42 Å². The molecule has 10 heteroatoms. The molecule has 122 valence electrons. The summed E-state index contributed by atoms with van der Waals surface area (Å²) in [6.07, 6.45) is 0.782. The van der Waals surface area contributed by atoms with Gasteiger partial charge in [-0.2, -0.15) is 0 Å². The highest BCUT2D eigenvalue weighted by molar-refractivity contribution is 7.89. The summed E-state index contributed by atoms with van der Waals surface area (Å²) in [5, 5.41) is 11.0. The minimum absolute atomic E-state index is 0.170. The predicted octanol–water partition coefficient (Wildman–Crippen LogP) is -0.178. The second-order valence-electron chi connectivity index (χ2n) is 4.36. The molecule has 0 aromatic carbocycles. The Morgan fingerprint density at radius 1 is 1.29 bits per heavy atom. The molecule has 0 heterocycles. The fraction of sp³-hybridized carbons (Fsp3) is 0.727. The van der Waals surface area contributed by atoms with E-state index in [1.165, 1.54) is 0 Å². The predicted molar refractivity (Wildman–Crippen MR) is 73.0 cm³/mol. The largest absolute Gasteiger partial charge is 0.480 e. The topological polar surface area (TPSA) is 139 Å². The number of carbonyl (C=O) groups excluding carboxylic acids is 2. The number of unbranched alkanes of at least 4 members (excludes halogenated alkanes) is 1. The van der Waals surface area contributed by atoms with Crippen LogP contribution in [0.3, 0.4) is 0 Å². The van der Waals surface area contributed by atoms with Crippen molar-refractivity contribution >= 4 is 28.0 Å². The maximum Gasteiger partial charge on any atom is 0.407 e. The van der Waals surface area contributed by atoms with Crippen molar-refractivity contribution in [1.29, 1.82) is 0 Å². The molecule has 0 bridgehead atoms. The van der Waals surface area contributed by atoms with Gasteiger partial charge in [0, 0.05) is 6.42 Å². The summed E-state index contributed by atoms with van der Waals surface area (Å²) < 4.78 is 28.1. The quantitative estimate of drug-likeness (QED) is 0.500. The Labute approximate surface area is 123 Å². The van der Waals surface area contributed by atoms with Crippen LogP contribution in [0.4, 0.5) is 4.79 Å². The first-order valence-electron chi connectivity index (χ1n) is 6.32. The van der Waals surface area contributed by atoms with E-state index in [4.69, 9.17) is 9.84 Å². The molecule has 0 spiro atoms. The van der Waals surface area contributed by atoms with Crippen molar-refractivity contribution in [2.75, 3.05) is 12.9 Å². The van der Waals surface area contributed by atoms with Crippen molar-refractivity contribution in [3.8, 4) is 0 Å². The average Bonchev–Trinajstić information content (AvgIpc) is 2.32. The van der Waals surface area contributed by atoms with Crippen LogP contribution in [0.5, 0.6) is 0 Å². The fourth-order valence-corrected chi connectivity index (χ4v) is 1.80. The Morgan fingerprint density at radius 3 is 2.38 bits per heavy atom. The van der Waals surface area contributed by atoms with Gasteiger partial charge in [-0.1, -0.05) is 13.3 Å². The van der Waals surface area contributed by atoms with Gasteiger partial charge < -0.3 is 15.2 Å². The molecule has 0 unspecified atom stereocenters. The number of carbonyl (C=O) groups is 3. The minimum Gasteiger partial charge on any atom is -0.480 e. The highest BCUT2D eigenvalue weighted by atomic mass is 32.2. The van der Waals surface area contributed by atoms with E-state index in [1.807, 2.05) is 6.92 Å².